The third-order valence-corrected chi connectivity index (χ3v) is 6.46. The van der Waals surface area contributed by atoms with Crippen LogP contribution in [0.15, 0.2) is 0 Å². The Bertz CT molecular complexity index is 387. The second-order valence-corrected chi connectivity index (χ2v) is 7.98. The number of fused-ring (bicyclic) bond motifs is 3. The van der Waals surface area contributed by atoms with Crippen LogP contribution in [0.3, 0.4) is 0 Å². The Morgan fingerprint density at radius 1 is 1.06 bits per heavy atom. The zero-order valence-electron chi connectivity index (χ0n) is 12.2. The molecule has 2 aliphatic carbocycles. The predicted molar refractivity (Wildman–Crippen MR) is 71.1 cm³/mol. The molecule has 18 heavy (non-hydrogen) atoms. The van der Waals surface area contributed by atoms with Gasteiger partial charge in [0.05, 0.1) is 6.42 Å². The van der Waals surface area contributed by atoms with Crippen LogP contribution in [0.5, 0.6) is 0 Å². The van der Waals surface area contributed by atoms with Crippen molar-refractivity contribution < 1.29 is 9.53 Å². The molecule has 0 aromatic heterocycles. The quantitative estimate of drug-likeness (QED) is 0.609. The molecule has 102 valence electrons. The van der Waals surface area contributed by atoms with Crippen LogP contribution in [-0.2, 0) is 9.53 Å². The molecule has 2 saturated carbocycles. The molecule has 0 unspecified atom stereocenters. The van der Waals surface area contributed by atoms with Gasteiger partial charge < -0.3 is 4.74 Å². The van der Waals surface area contributed by atoms with E-state index in [1.807, 2.05) is 0 Å². The molecule has 0 spiro atoms. The van der Waals surface area contributed by atoms with Crippen molar-refractivity contribution in [1.82, 2.24) is 0 Å². The lowest BCUT2D eigenvalue weighted by Crippen LogP contribution is -2.55. The van der Waals surface area contributed by atoms with Crippen molar-refractivity contribution >= 4 is 5.97 Å². The first-order valence-electron chi connectivity index (χ1n) is 7.50. The van der Waals surface area contributed by atoms with Crippen LogP contribution < -0.4 is 0 Å². The maximum absolute atomic E-state index is 11.8. The molecule has 2 heteroatoms. The van der Waals surface area contributed by atoms with Gasteiger partial charge in [-0.1, -0.05) is 27.2 Å². The average Bonchev–Trinajstić information content (AvgIpc) is 2.53. The summed E-state index contributed by atoms with van der Waals surface area (Å²) in [5.41, 5.74) is 0.566. The van der Waals surface area contributed by atoms with Crippen LogP contribution in [-0.4, -0.2) is 11.6 Å². The summed E-state index contributed by atoms with van der Waals surface area (Å²) in [6.07, 6.45) is 6.86. The molecule has 2 nitrogen and oxygen atoms in total. The summed E-state index contributed by atoms with van der Waals surface area (Å²) < 4.78 is 5.70. The molecule has 0 bridgehead atoms. The number of carbonyl (C=O) groups is 1. The molecule has 0 radical (unpaired) electrons. The first-order valence-corrected chi connectivity index (χ1v) is 7.50. The predicted octanol–water partition coefficient (Wildman–Crippen LogP) is 3.93. The second-order valence-electron chi connectivity index (χ2n) is 7.98. The van der Waals surface area contributed by atoms with Crippen LogP contribution in [0.1, 0.15) is 66.2 Å². The topological polar surface area (TPSA) is 26.3 Å². The summed E-state index contributed by atoms with van der Waals surface area (Å²) in [6.45, 7) is 9.46. The van der Waals surface area contributed by atoms with E-state index in [2.05, 4.69) is 27.7 Å². The number of esters is 1. The Kier molecular flexibility index (Phi) is 2.44. The highest BCUT2D eigenvalue weighted by Gasteiger charge is 2.62. The monoisotopic (exact) mass is 250 g/mol. The zero-order valence-corrected chi connectivity index (χ0v) is 12.2. The zero-order chi connectivity index (χ0) is 13.2. The fraction of sp³-hybridized carbons (Fsp3) is 0.938. The molecule has 4 atom stereocenters. The van der Waals surface area contributed by atoms with E-state index in [1.165, 1.54) is 25.7 Å². The first kappa shape index (κ1) is 12.5. The molecule has 3 rings (SSSR count). The summed E-state index contributed by atoms with van der Waals surface area (Å²) >= 11 is 0. The van der Waals surface area contributed by atoms with E-state index in [4.69, 9.17) is 4.74 Å². The summed E-state index contributed by atoms with van der Waals surface area (Å²) in [6, 6.07) is 0. The van der Waals surface area contributed by atoms with Gasteiger partial charge in [0.15, 0.2) is 0 Å². The van der Waals surface area contributed by atoms with E-state index < -0.39 is 0 Å². The normalized spacial score (nSPS) is 50.3. The van der Waals surface area contributed by atoms with E-state index in [-0.39, 0.29) is 11.6 Å². The molecule has 0 amide bonds. The molecule has 1 saturated heterocycles. The highest BCUT2D eigenvalue weighted by atomic mass is 16.6. The van der Waals surface area contributed by atoms with Gasteiger partial charge in [-0.05, 0) is 49.4 Å². The molecule has 3 aliphatic rings. The second kappa shape index (κ2) is 3.52. The molecule has 0 N–H and O–H groups in total. The van der Waals surface area contributed by atoms with Crippen LogP contribution in [0.2, 0.25) is 0 Å². The number of carbonyl (C=O) groups excluding carboxylic acids is 1. The average molecular weight is 250 g/mol. The number of hydrogen-bond acceptors (Lipinski definition) is 2. The van der Waals surface area contributed by atoms with Gasteiger partial charge in [0.1, 0.15) is 5.60 Å². The molecule has 3 fully saturated rings. The first-order chi connectivity index (χ1) is 8.28. The van der Waals surface area contributed by atoms with Crippen LogP contribution >= 0.6 is 0 Å². The van der Waals surface area contributed by atoms with Gasteiger partial charge in [-0.2, -0.15) is 0 Å². The summed E-state index contributed by atoms with van der Waals surface area (Å²) in [5, 5.41) is 0. The SMILES string of the molecule is CC1(C)CCC[C@]2(C)[C@H]1CC[C@@]1(C)OC(=O)C[C@@H]21. The standard InChI is InChI=1S/C16H26O2/c1-14(2)7-5-8-15(3)11(14)6-9-16(4)12(15)10-13(17)18-16/h11-12H,5-10H2,1-4H3/t11-,12-,15+,16+/m0/s1. The highest BCUT2D eigenvalue weighted by molar-refractivity contribution is 5.73. The van der Waals surface area contributed by atoms with Gasteiger partial charge >= 0.3 is 5.97 Å². The third-order valence-electron chi connectivity index (χ3n) is 6.46. The molecular weight excluding hydrogens is 224 g/mol. The summed E-state index contributed by atoms with van der Waals surface area (Å²) in [4.78, 5) is 11.8. The summed E-state index contributed by atoms with van der Waals surface area (Å²) in [5.74, 6) is 1.23. The van der Waals surface area contributed by atoms with Gasteiger partial charge in [-0.25, -0.2) is 0 Å². The maximum Gasteiger partial charge on any atom is 0.306 e. The van der Waals surface area contributed by atoms with Crippen molar-refractivity contribution in [1.29, 1.82) is 0 Å². The maximum atomic E-state index is 11.8. The fourth-order valence-corrected chi connectivity index (χ4v) is 5.65. The van der Waals surface area contributed by atoms with Gasteiger partial charge in [0, 0.05) is 5.92 Å². The lowest BCUT2D eigenvalue weighted by molar-refractivity contribution is -0.164. The van der Waals surface area contributed by atoms with E-state index in [0.29, 0.717) is 23.2 Å². The Hall–Kier alpha value is -0.530. The van der Waals surface area contributed by atoms with Crippen LogP contribution in [0, 0.1) is 22.7 Å². The van der Waals surface area contributed by atoms with Gasteiger partial charge in [-0.15, -0.1) is 0 Å². The third kappa shape index (κ3) is 1.50. The minimum Gasteiger partial charge on any atom is -0.459 e. The van der Waals surface area contributed by atoms with Crippen molar-refractivity contribution in [2.75, 3.05) is 0 Å². The van der Waals surface area contributed by atoms with E-state index in [0.717, 1.165) is 12.3 Å². The molecule has 0 aromatic carbocycles. The molecular formula is C16H26O2. The Morgan fingerprint density at radius 2 is 1.78 bits per heavy atom. The Balaban J connectivity index is 2.00. The van der Waals surface area contributed by atoms with Crippen molar-refractivity contribution in [3.05, 3.63) is 0 Å². The summed E-state index contributed by atoms with van der Waals surface area (Å²) in [7, 11) is 0. The molecule has 1 aliphatic heterocycles. The largest absolute Gasteiger partial charge is 0.459 e. The van der Waals surface area contributed by atoms with Crippen LogP contribution in [0.25, 0.3) is 0 Å². The van der Waals surface area contributed by atoms with E-state index >= 15 is 0 Å². The minimum atomic E-state index is -0.171. The minimum absolute atomic E-state index is 0.0350. The smallest absolute Gasteiger partial charge is 0.306 e. The van der Waals surface area contributed by atoms with Gasteiger partial charge in [-0.3, -0.25) is 4.79 Å². The van der Waals surface area contributed by atoms with Gasteiger partial charge in [0.25, 0.3) is 0 Å². The van der Waals surface area contributed by atoms with Crippen LogP contribution in [0.4, 0.5) is 0 Å². The molecule has 0 aromatic rings. The fourth-order valence-electron chi connectivity index (χ4n) is 5.65. The number of rotatable bonds is 0. The lowest BCUT2D eigenvalue weighted by Gasteiger charge is -2.59. The Labute approximate surface area is 110 Å². The van der Waals surface area contributed by atoms with Crippen molar-refractivity contribution in [2.24, 2.45) is 22.7 Å². The highest BCUT2D eigenvalue weighted by Crippen LogP contribution is 2.64. The van der Waals surface area contributed by atoms with Crippen molar-refractivity contribution in [3.63, 3.8) is 0 Å². The molecule has 1 heterocycles. The lowest BCUT2D eigenvalue weighted by atomic mass is 9.45. The number of ether oxygens (including phenoxy) is 1. The van der Waals surface area contributed by atoms with Crippen molar-refractivity contribution in [3.8, 4) is 0 Å². The van der Waals surface area contributed by atoms with E-state index in [1.54, 1.807) is 0 Å². The number of hydrogen-bond donors (Lipinski definition) is 0. The van der Waals surface area contributed by atoms with Crippen molar-refractivity contribution in [2.45, 2.75) is 71.8 Å². The van der Waals surface area contributed by atoms with Gasteiger partial charge in [0.2, 0.25) is 0 Å². The Morgan fingerprint density at radius 3 is 2.50 bits per heavy atom. The van der Waals surface area contributed by atoms with E-state index in [9.17, 15) is 4.79 Å².